The Morgan fingerprint density at radius 1 is 0.900 bits per heavy atom. The number of nitro groups is 1. The number of non-ortho nitro benzene ring substituents is 1. The molecule has 1 N–H and O–H groups in total. The lowest BCUT2D eigenvalue weighted by atomic mass is 10.0. The van der Waals surface area contributed by atoms with Crippen molar-refractivity contribution in [3.63, 3.8) is 0 Å². The van der Waals surface area contributed by atoms with Gasteiger partial charge in [-0.25, -0.2) is 0 Å². The second-order valence-corrected chi connectivity index (χ2v) is 10.3. The summed E-state index contributed by atoms with van der Waals surface area (Å²) in [7, 11) is 0. The molecular weight excluding hydrogens is 522 g/mol. The number of aromatic nitrogens is 3. The molecule has 0 aliphatic rings. The topological polar surface area (TPSA) is 103 Å². The minimum Gasteiger partial charge on any atom is -0.342 e. The summed E-state index contributed by atoms with van der Waals surface area (Å²) < 4.78 is 1.98. The van der Waals surface area contributed by atoms with Crippen LogP contribution in [0.1, 0.15) is 38.9 Å². The number of aryl methyl sites for hydroxylation is 1. The van der Waals surface area contributed by atoms with E-state index < -0.39 is 16.9 Å². The SMILES string of the molecule is Cc1ccc(-n2c(SCc3ccccc3)nnc2C(Cc2ccccc2)NC(=O)c2cccc([N+](=O)[O-])c2)cc1. The van der Waals surface area contributed by atoms with Crippen LogP contribution in [-0.2, 0) is 12.2 Å². The van der Waals surface area contributed by atoms with Crippen LogP contribution in [0.2, 0.25) is 0 Å². The van der Waals surface area contributed by atoms with Gasteiger partial charge in [0.1, 0.15) is 0 Å². The summed E-state index contributed by atoms with van der Waals surface area (Å²) in [5.41, 5.74) is 4.22. The summed E-state index contributed by atoms with van der Waals surface area (Å²) in [6.45, 7) is 2.03. The fraction of sp³-hybridized carbons (Fsp3) is 0.129. The number of amides is 1. The highest BCUT2D eigenvalue weighted by molar-refractivity contribution is 7.98. The highest BCUT2D eigenvalue weighted by atomic mass is 32.2. The molecule has 1 aromatic heterocycles. The Hall–Kier alpha value is -4.76. The third-order valence-electron chi connectivity index (χ3n) is 6.38. The van der Waals surface area contributed by atoms with Crippen LogP contribution in [0.25, 0.3) is 5.69 Å². The molecule has 0 fully saturated rings. The van der Waals surface area contributed by atoms with Crippen molar-refractivity contribution in [1.29, 1.82) is 0 Å². The molecule has 0 aliphatic carbocycles. The Morgan fingerprint density at radius 3 is 2.25 bits per heavy atom. The molecule has 1 heterocycles. The zero-order valence-electron chi connectivity index (χ0n) is 21.8. The zero-order chi connectivity index (χ0) is 27.9. The Kier molecular flexibility index (Phi) is 8.32. The molecule has 0 aliphatic heterocycles. The zero-order valence-corrected chi connectivity index (χ0v) is 22.6. The maximum atomic E-state index is 13.4. The van der Waals surface area contributed by atoms with Gasteiger partial charge in [-0.2, -0.15) is 0 Å². The summed E-state index contributed by atoms with van der Waals surface area (Å²) >= 11 is 1.57. The van der Waals surface area contributed by atoms with Crippen LogP contribution >= 0.6 is 11.8 Å². The average Bonchev–Trinajstić information content (AvgIpc) is 3.41. The molecule has 0 bridgehead atoms. The number of rotatable bonds is 10. The Morgan fingerprint density at radius 2 is 1.57 bits per heavy atom. The molecule has 0 radical (unpaired) electrons. The van der Waals surface area contributed by atoms with Crippen LogP contribution in [0.5, 0.6) is 0 Å². The third-order valence-corrected chi connectivity index (χ3v) is 7.38. The molecule has 0 saturated heterocycles. The smallest absolute Gasteiger partial charge is 0.270 e. The fourth-order valence-corrected chi connectivity index (χ4v) is 5.23. The molecule has 1 amide bonds. The van der Waals surface area contributed by atoms with Crippen LogP contribution in [-0.4, -0.2) is 25.6 Å². The molecule has 200 valence electrons. The molecule has 0 saturated carbocycles. The lowest BCUT2D eigenvalue weighted by molar-refractivity contribution is -0.384. The van der Waals surface area contributed by atoms with Gasteiger partial charge in [-0.05, 0) is 42.7 Å². The van der Waals surface area contributed by atoms with E-state index in [1.54, 1.807) is 17.8 Å². The summed E-state index contributed by atoms with van der Waals surface area (Å²) in [5.74, 6) is 0.845. The van der Waals surface area contributed by atoms with Crippen LogP contribution in [0.3, 0.4) is 0 Å². The van der Waals surface area contributed by atoms with Crippen molar-refractivity contribution >= 4 is 23.4 Å². The molecule has 9 heteroatoms. The van der Waals surface area contributed by atoms with E-state index in [-0.39, 0.29) is 11.3 Å². The molecule has 40 heavy (non-hydrogen) atoms. The molecule has 0 spiro atoms. The van der Waals surface area contributed by atoms with Gasteiger partial charge in [-0.1, -0.05) is 96.2 Å². The van der Waals surface area contributed by atoms with Gasteiger partial charge in [-0.15, -0.1) is 10.2 Å². The lowest BCUT2D eigenvalue weighted by Crippen LogP contribution is -2.32. The Bertz CT molecular complexity index is 1610. The van der Waals surface area contributed by atoms with Gasteiger partial charge in [0.25, 0.3) is 11.6 Å². The van der Waals surface area contributed by atoms with E-state index in [4.69, 9.17) is 0 Å². The van der Waals surface area contributed by atoms with Crippen LogP contribution in [0, 0.1) is 17.0 Å². The number of nitrogens with one attached hydrogen (secondary N) is 1. The van der Waals surface area contributed by atoms with Gasteiger partial charge >= 0.3 is 0 Å². The Labute approximate surface area is 236 Å². The van der Waals surface area contributed by atoms with Crippen LogP contribution in [0.4, 0.5) is 5.69 Å². The standard InChI is InChI=1S/C31H27N5O3S/c1-22-15-17-26(18-16-22)35-29(33-34-31(35)40-21-24-11-6-3-7-12-24)28(19-23-9-4-2-5-10-23)32-30(37)25-13-8-14-27(20-25)36(38)39/h2-18,20,28H,19,21H2,1H3,(H,32,37). The van der Waals surface area contributed by atoms with Crippen molar-refractivity contribution in [2.75, 3.05) is 0 Å². The summed E-state index contributed by atoms with van der Waals surface area (Å²) in [5, 5.41) is 24.2. The van der Waals surface area contributed by atoms with E-state index in [0.717, 1.165) is 22.4 Å². The monoisotopic (exact) mass is 549 g/mol. The van der Waals surface area contributed by atoms with E-state index in [9.17, 15) is 14.9 Å². The van der Waals surface area contributed by atoms with Gasteiger partial charge in [0.2, 0.25) is 0 Å². The summed E-state index contributed by atoms with van der Waals surface area (Å²) in [6.07, 6.45) is 0.453. The van der Waals surface area contributed by atoms with E-state index in [0.29, 0.717) is 23.2 Å². The maximum Gasteiger partial charge on any atom is 0.270 e. The average molecular weight is 550 g/mol. The maximum absolute atomic E-state index is 13.4. The van der Waals surface area contributed by atoms with Gasteiger partial charge < -0.3 is 5.32 Å². The molecule has 4 aromatic carbocycles. The fourth-order valence-electron chi connectivity index (χ4n) is 4.32. The van der Waals surface area contributed by atoms with Crippen LogP contribution in [0.15, 0.2) is 114 Å². The normalized spacial score (nSPS) is 11.6. The lowest BCUT2D eigenvalue weighted by Gasteiger charge is -2.20. The molecule has 1 unspecified atom stereocenters. The number of nitro benzene ring substituents is 1. The van der Waals surface area contributed by atoms with E-state index in [1.807, 2.05) is 84.3 Å². The van der Waals surface area contributed by atoms with Crippen molar-refractivity contribution < 1.29 is 9.72 Å². The predicted molar refractivity (Wildman–Crippen MR) is 156 cm³/mol. The van der Waals surface area contributed by atoms with Gasteiger partial charge in [0, 0.05) is 29.1 Å². The minimum atomic E-state index is -0.561. The largest absolute Gasteiger partial charge is 0.342 e. The van der Waals surface area contributed by atoms with Gasteiger partial charge in [0.15, 0.2) is 11.0 Å². The summed E-state index contributed by atoms with van der Waals surface area (Å²) in [6, 6.07) is 33.2. The quantitative estimate of drug-likeness (QED) is 0.121. The number of nitrogens with zero attached hydrogens (tertiary/aromatic N) is 4. The second-order valence-electron chi connectivity index (χ2n) is 9.31. The van der Waals surface area contributed by atoms with Crippen molar-refractivity contribution in [2.24, 2.45) is 0 Å². The first-order valence-corrected chi connectivity index (χ1v) is 13.7. The van der Waals surface area contributed by atoms with Crippen LogP contribution < -0.4 is 5.32 Å². The number of carbonyl (C=O) groups is 1. The number of carbonyl (C=O) groups excluding carboxylic acids is 1. The number of hydrogen-bond acceptors (Lipinski definition) is 6. The summed E-state index contributed by atoms with van der Waals surface area (Å²) in [4.78, 5) is 24.2. The van der Waals surface area contributed by atoms with Gasteiger partial charge in [0.05, 0.1) is 11.0 Å². The number of hydrogen-bond donors (Lipinski definition) is 1. The van der Waals surface area contributed by atoms with E-state index in [2.05, 4.69) is 27.6 Å². The van der Waals surface area contributed by atoms with E-state index >= 15 is 0 Å². The van der Waals surface area contributed by atoms with Crippen molar-refractivity contribution in [2.45, 2.75) is 30.3 Å². The van der Waals surface area contributed by atoms with Crippen molar-refractivity contribution in [1.82, 2.24) is 20.1 Å². The van der Waals surface area contributed by atoms with Crippen molar-refractivity contribution in [3.05, 3.63) is 147 Å². The number of benzene rings is 4. The first kappa shape index (κ1) is 26.8. The molecule has 5 aromatic rings. The first-order valence-electron chi connectivity index (χ1n) is 12.8. The Balaban J connectivity index is 1.54. The van der Waals surface area contributed by atoms with E-state index in [1.165, 1.54) is 18.2 Å². The molecule has 5 rings (SSSR count). The minimum absolute atomic E-state index is 0.144. The highest BCUT2D eigenvalue weighted by Gasteiger charge is 2.26. The molecular formula is C31H27N5O3S. The second kappa shape index (κ2) is 12.4. The third kappa shape index (κ3) is 6.44. The molecule has 1 atom stereocenters. The first-order chi connectivity index (χ1) is 19.5. The van der Waals surface area contributed by atoms with Gasteiger partial charge in [-0.3, -0.25) is 19.5 Å². The predicted octanol–water partition coefficient (Wildman–Crippen LogP) is 6.49. The van der Waals surface area contributed by atoms with Crippen molar-refractivity contribution in [3.8, 4) is 5.69 Å². The highest BCUT2D eigenvalue weighted by Crippen LogP contribution is 2.29. The molecule has 8 nitrogen and oxygen atoms in total. The number of thioether (sulfide) groups is 1.